The van der Waals surface area contributed by atoms with Crippen LogP contribution in [0.2, 0.25) is 0 Å². The molecule has 1 atom stereocenters. The van der Waals surface area contributed by atoms with Gasteiger partial charge in [0.05, 0.1) is 29.4 Å². The van der Waals surface area contributed by atoms with Gasteiger partial charge in [0.1, 0.15) is 11.6 Å². The topological polar surface area (TPSA) is 39.2 Å². The molecule has 2 rings (SSSR count). The number of methoxy groups -OCH3 is 1. The molecule has 0 aliphatic rings. The molecule has 0 fully saturated rings. The Bertz CT molecular complexity index is 599. The number of aryl methyl sites for hydroxylation is 1. The third kappa shape index (κ3) is 3.61. The minimum Gasteiger partial charge on any atom is -0.497 e. The Morgan fingerprint density at radius 2 is 1.95 bits per heavy atom. The largest absolute Gasteiger partial charge is 0.497 e. The predicted octanol–water partition coefficient (Wildman–Crippen LogP) is 2.85. The van der Waals surface area contributed by atoms with E-state index < -0.39 is 10.8 Å². The fourth-order valence-electron chi connectivity index (χ4n) is 1.70. The molecule has 0 radical (unpaired) electrons. The molecule has 1 aromatic carbocycles. The number of nitrogens with zero attached hydrogens (tertiary/aromatic N) is 1. The number of benzene rings is 1. The fraction of sp³-hybridized carbons (Fsp3) is 0.214. The zero-order valence-corrected chi connectivity index (χ0v) is 11.5. The highest BCUT2D eigenvalue weighted by atomic mass is 32.2. The number of ether oxygens (including phenoxy) is 1. The maximum Gasteiger partial charge on any atom is 0.123 e. The summed E-state index contributed by atoms with van der Waals surface area (Å²) in [6, 6.07) is 9.23. The van der Waals surface area contributed by atoms with Crippen molar-refractivity contribution in [1.29, 1.82) is 0 Å². The quantitative estimate of drug-likeness (QED) is 0.864. The first-order chi connectivity index (χ1) is 9.08. The summed E-state index contributed by atoms with van der Waals surface area (Å²) in [7, 11) is 0.333. The predicted molar refractivity (Wildman–Crippen MR) is 72.0 cm³/mol. The molecule has 0 aliphatic heterocycles. The van der Waals surface area contributed by atoms with Crippen LogP contribution in [0.3, 0.4) is 0 Å². The van der Waals surface area contributed by atoms with Gasteiger partial charge in [0, 0.05) is 22.7 Å². The summed E-state index contributed by atoms with van der Waals surface area (Å²) in [5, 5.41) is 0. The molecule has 2 aromatic rings. The Morgan fingerprint density at radius 1 is 1.26 bits per heavy atom. The smallest absolute Gasteiger partial charge is 0.123 e. The number of hydrogen-bond donors (Lipinski definition) is 0. The van der Waals surface area contributed by atoms with Gasteiger partial charge in [-0.05, 0) is 31.2 Å². The second kappa shape index (κ2) is 5.93. The van der Waals surface area contributed by atoms with Gasteiger partial charge in [-0.2, -0.15) is 0 Å². The summed E-state index contributed by atoms with van der Waals surface area (Å²) in [5.74, 6) is 0.638. The van der Waals surface area contributed by atoms with Gasteiger partial charge < -0.3 is 4.74 Å². The molecule has 0 aliphatic carbocycles. The SMILES string of the molecule is COc1cc(C)nc(CS(=O)c2ccc(F)cc2)c1. The van der Waals surface area contributed by atoms with E-state index in [9.17, 15) is 8.60 Å². The Hall–Kier alpha value is -1.75. The lowest BCUT2D eigenvalue weighted by Crippen LogP contribution is -2.01. The second-order valence-electron chi connectivity index (χ2n) is 4.08. The van der Waals surface area contributed by atoms with Crippen LogP contribution in [0.5, 0.6) is 5.75 Å². The zero-order valence-electron chi connectivity index (χ0n) is 10.7. The van der Waals surface area contributed by atoms with Crippen LogP contribution in [0.4, 0.5) is 4.39 Å². The van der Waals surface area contributed by atoms with Crippen LogP contribution in [0.1, 0.15) is 11.4 Å². The minimum atomic E-state index is -1.25. The van der Waals surface area contributed by atoms with E-state index in [1.807, 2.05) is 13.0 Å². The summed E-state index contributed by atoms with van der Waals surface area (Å²) < 4.78 is 30.1. The van der Waals surface area contributed by atoms with E-state index in [1.54, 1.807) is 13.2 Å². The van der Waals surface area contributed by atoms with Gasteiger partial charge in [-0.1, -0.05) is 0 Å². The third-order valence-corrected chi connectivity index (χ3v) is 3.93. The van der Waals surface area contributed by atoms with Crippen molar-refractivity contribution in [3.63, 3.8) is 0 Å². The van der Waals surface area contributed by atoms with Gasteiger partial charge in [0.25, 0.3) is 0 Å². The summed E-state index contributed by atoms with van der Waals surface area (Å²) in [4.78, 5) is 4.90. The van der Waals surface area contributed by atoms with Crippen LogP contribution in [0.15, 0.2) is 41.3 Å². The molecule has 0 spiro atoms. The molecule has 100 valence electrons. The summed E-state index contributed by atoms with van der Waals surface area (Å²) in [6.45, 7) is 1.85. The Kier molecular flexibility index (Phi) is 4.27. The molecule has 0 amide bonds. The Balaban J connectivity index is 2.18. The monoisotopic (exact) mass is 279 g/mol. The first kappa shape index (κ1) is 13.7. The molecule has 0 saturated carbocycles. The van der Waals surface area contributed by atoms with Crippen molar-refractivity contribution < 1.29 is 13.3 Å². The van der Waals surface area contributed by atoms with E-state index in [2.05, 4.69) is 4.98 Å². The van der Waals surface area contributed by atoms with Crippen molar-refractivity contribution in [1.82, 2.24) is 4.98 Å². The van der Waals surface area contributed by atoms with E-state index in [0.29, 0.717) is 16.3 Å². The minimum absolute atomic E-state index is 0.281. The zero-order chi connectivity index (χ0) is 13.8. The fourth-order valence-corrected chi connectivity index (χ4v) is 2.72. The van der Waals surface area contributed by atoms with Crippen LogP contribution in [-0.2, 0) is 16.6 Å². The Morgan fingerprint density at radius 3 is 2.58 bits per heavy atom. The molecular weight excluding hydrogens is 265 g/mol. The van der Waals surface area contributed by atoms with Gasteiger partial charge in [0.2, 0.25) is 0 Å². The van der Waals surface area contributed by atoms with Crippen molar-refractivity contribution in [2.75, 3.05) is 7.11 Å². The molecule has 1 aromatic heterocycles. The van der Waals surface area contributed by atoms with Crippen LogP contribution in [0.25, 0.3) is 0 Å². The lowest BCUT2D eigenvalue weighted by atomic mass is 10.3. The summed E-state index contributed by atoms with van der Waals surface area (Å²) in [5.41, 5.74) is 1.50. The number of hydrogen-bond acceptors (Lipinski definition) is 3. The average Bonchev–Trinajstić information content (AvgIpc) is 2.38. The van der Waals surface area contributed by atoms with Crippen molar-refractivity contribution in [2.45, 2.75) is 17.6 Å². The standard InChI is InChI=1S/C14H14FNO2S/c1-10-7-13(18-2)8-12(16-10)9-19(17)14-5-3-11(15)4-6-14/h3-8H,9H2,1-2H3. The van der Waals surface area contributed by atoms with Crippen molar-refractivity contribution >= 4 is 10.8 Å². The first-order valence-corrected chi connectivity index (χ1v) is 7.06. The molecule has 19 heavy (non-hydrogen) atoms. The van der Waals surface area contributed by atoms with Gasteiger partial charge in [-0.15, -0.1) is 0 Å². The molecule has 1 heterocycles. The lowest BCUT2D eigenvalue weighted by molar-refractivity contribution is 0.413. The molecule has 1 unspecified atom stereocenters. The maximum absolute atomic E-state index is 12.8. The number of halogens is 1. The maximum atomic E-state index is 12.8. The van der Waals surface area contributed by atoms with Crippen LogP contribution < -0.4 is 4.74 Å². The highest BCUT2D eigenvalue weighted by Crippen LogP contribution is 2.17. The van der Waals surface area contributed by atoms with Gasteiger partial charge >= 0.3 is 0 Å². The van der Waals surface area contributed by atoms with Gasteiger partial charge in [-0.25, -0.2) is 4.39 Å². The number of aromatic nitrogens is 1. The van der Waals surface area contributed by atoms with Crippen LogP contribution in [-0.4, -0.2) is 16.3 Å². The highest BCUT2D eigenvalue weighted by Gasteiger charge is 2.08. The summed E-state index contributed by atoms with van der Waals surface area (Å²) in [6.07, 6.45) is 0. The Labute approximate surface area is 113 Å². The van der Waals surface area contributed by atoms with Crippen molar-refractivity contribution in [3.05, 3.63) is 53.6 Å². The van der Waals surface area contributed by atoms with E-state index in [4.69, 9.17) is 4.74 Å². The van der Waals surface area contributed by atoms with Crippen LogP contribution in [0, 0.1) is 12.7 Å². The average molecular weight is 279 g/mol. The summed E-state index contributed by atoms with van der Waals surface area (Å²) >= 11 is 0. The molecule has 0 bridgehead atoms. The van der Waals surface area contributed by atoms with E-state index in [0.717, 1.165) is 5.69 Å². The van der Waals surface area contributed by atoms with E-state index in [1.165, 1.54) is 24.3 Å². The van der Waals surface area contributed by atoms with Crippen molar-refractivity contribution in [3.8, 4) is 5.75 Å². The van der Waals surface area contributed by atoms with Gasteiger partial charge in [0.15, 0.2) is 0 Å². The molecule has 3 nitrogen and oxygen atoms in total. The van der Waals surface area contributed by atoms with E-state index in [-0.39, 0.29) is 11.6 Å². The molecule has 5 heteroatoms. The van der Waals surface area contributed by atoms with E-state index >= 15 is 0 Å². The normalized spacial score (nSPS) is 12.2. The number of pyridine rings is 1. The highest BCUT2D eigenvalue weighted by molar-refractivity contribution is 7.84. The molecular formula is C14H14FNO2S. The molecule has 0 N–H and O–H groups in total. The lowest BCUT2D eigenvalue weighted by Gasteiger charge is -2.06. The molecule has 0 saturated heterocycles. The second-order valence-corrected chi connectivity index (χ2v) is 5.53. The van der Waals surface area contributed by atoms with Crippen molar-refractivity contribution in [2.24, 2.45) is 0 Å². The third-order valence-electron chi connectivity index (χ3n) is 2.57. The first-order valence-electron chi connectivity index (χ1n) is 5.74. The van der Waals surface area contributed by atoms with Crippen LogP contribution >= 0.6 is 0 Å². The number of rotatable bonds is 4. The van der Waals surface area contributed by atoms with Gasteiger partial charge in [-0.3, -0.25) is 9.19 Å².